The van der Waals surface area contributed by atoms with Crippen LogP contribution in [0.5, 0.6) is 5.75 Å². The number of hydrogen-bond acceptors (Lipinski definition) is 6. The number of anilines is 1. The molecule has 1 heterocycles. The lowest BCUT2D eigenvalue weighted by atomic mass is 10.1. The maximum absolute atomic E-state index is 12.9. The van der Waals surface area contributed by atoms with E-state index in [0.29, 0.717) is 31.9 Å². The van der Waals surface area contributed by atoms with E-state index in [1.165, 1.54) is 25.3 Å². The van der Waals surface area contributed by atoms with E-state index in [9.17, 15) is 19.7 Å². The van der Waals surface area contributed by atoms with Crippen LogP contribution in [0.4, 0.5) is 11.4 Å². The van der Waals surface area contributed by atoms with E-state index in [-0.39, 0.29) is 29.6 Å². The minimum atomic E-state index is -0.539. The molecule has 164 valence electrons. The van der Waals surface area contributed by atoms with Crippen LogP contribution in [0.1, 0.15) is 21.5 Å². The summed E-state index contributed by atoms with van der Waals surface area (Å²) in [6, 6.07) is 9.76. The van der Waals surface area contributed by atoms with Gasteiger partial charge >= 0.3 is 0 Å². The number of nitrogens with one attached hydrogen (secondary N) is 1. The number of ether oxygens (including phenoxy) is 1. The molecule has 0 radical (unpaired) electrons. The predicted molar refractivity (Wildman–Crippen MR) is 117 cm³/mol. The molecule has 2 aromatic rings. The minimum absolute atomic E-state index is 0.103. The zero-order chi connectivity index (χ0) is 22.5. The van der Waals surface area contributed by atoms with Crippen molar-refractivity contribution >= 4 is 23.2 Å². The Morgan fingerprint density at radius 1 is 1.13 bits per heavy atom. The molecular weight excluding hydrogens is 400 g/mol. The lowest BCUT2D eigenvalue weighted by molar-refractivity contribution is -0.384. The van der Waals surface area contributed by atoms with Crippen LogP contribution in [0.15, 0.2) is 36.4 Å². The molecule has 2 amide bonds. The van der Waals surface area contributed by atoms with Crippen molar-refractivity contribution in [2.24, 2.45) is 0 Å². The molecule has 0 unspecified atom stereocenters. The zero-order valence-electron chi connectivity index (χ0n) is 17.9. The number of non-ortho nitro benzene ring substituents is 1. The first kappa shape index (κ1) is 22.2. The highest BCUT2D eigenvalue weighted by Crippen LogP contribution is 2.26. The van der Waals surface area contributed by atoms with E-state index in [4.69, 9.17) is 4.74 Å². The van der Waals surface area contributed by atoms with Crippen LogP contribution in [0.25, 0.3) is 0 Å². The first-order valence-corrected chi connectivity index (χ1v) is 10.00. The van der Waals surface area contributed by atoms with Gasteiger partial charge in [0.15, 0.2) is 0 Å². The van der Waals surface area contributed by atoms with Crippen LogP contribution in [-0.4, -0.2) is 66.4 Å². The first-order chi connectivity index (χ1) is 14.8. The Hall–Kier alpha value is -3.46. The van der Waals surface area contributed by atoms with Crippen molar-refractivity contribution in [3.8, 4) is 5.75 Å². The molecule has 1 aliphatic rings. The lowest BCUT2D eigenvalue weighted by Gasteiger charge is -2.34. The number of methoxy groups -OCH3 is 1. The number of carbonyl (C=O) groups is 2. The van der Waals surface area contributed by atoms with Crippen molar-refractivity contribution in [1.29, 1.82) is 0 Å². The Balaban J connectivity index is 1.59. The van der Waals surface area contributed by atoms with Gasteiger partial charge in [0, 0.05) is 44.0 Å². The number of nitro benzene ring substituents is 1. The number of hydrogen-bond donors (Lipinski definition) is 1. The van der Waals surface area contributed by atoms with Crippen molar-refractivity contribution in [3.05, 3.63) is 63.2 Å². The van der Waals surface area contributed by atoms with Crippen LogP contribution >= 0.6 is 0 Å². The van der Waals surface area contributed by atoms with Gasteiger partial charge in [-0.1, -0.05) is 12.1 Å². The summed E-state index contributed by atoms with van der Waals surface area (Å²) in [5.74, 6) is -0.125. The topological polar surface area (TPSA) is 105 Å². The van der Waals surface area contributed by atoms with Gasteiger partial charge in [-0.15, -0.1) is 0 Å². The van der Waals surface area contributed by atoms with Gasteiger partial charge in [-0.05, 0) is 37.1 Å². The number of aryl methyl sites for hydroxylation is 1. The molecule has 0 saturated carbocycles. The van der Waals surface area contributed by atoms with Gasteiger partial charge in [0.25, 0.3) is 11.6 Å². The fourth-order valence-electron chi connectivity index (χ4n) is 3.54. The predicted octanol–water partition coefficient (Wildman–Crippen LogP) is 2.62. The third-order valence-electron chi connectivity index (χ3n) is 5.53. The van der Waals surface area contributed by atoms with Gasteiger partial charge < -0.3 is 15.0 Å². The van der Waals surface area contributed by atoms with Crippen LogP contribution < -0.4 is 10.1 Å². The number of nitrogens with zero attached hydrogens (tertiary/aromatic N) is 3. The quantitative estimate of drug-likeness (QED) is 0.562. The summed E-state index contributed by atoms with van der Waals surface area (Å²) >= 11 is 0. The largest absolute Gasteiger partial charge is 0.496 e. The molecule has 0 aromatic heterocycles. The molecule has 9 heteroatoms. The van der Waals surface area contributed by atoms with Crippen LogP contribution in [0.3, 0.4) is 0 Å². The molecule has 0 spiro atoms. The number of piperazine rings is 1. The van der Waals surface area contributed by atoms with Crippen molar-refractivity contribution < 1.29 is 19.2 Å². The lowest BCUT2D eigenvalue weighted by Crippen LogP contribution is -2.50. The van der Waals surface area contributed by atoms with E-state index in [1.54, 1.807) is 4.90 Å². The number of carbonyl (C=O) groups excluding carboxylic acids is 2. The highest BCUT2D eigenvalue weighted by molar-refractivity contribution is 5.98. The Morgan fingerprint density at radius 2 is 1.84 bits per heavy atom. The number of amides is 2. The first-order valence-electron chi connectivity index (χ1n) is 10.00. The highest BCUT2D eigenvalue weighted by Gasteiger charge is 2.26. The molecule has 0 aliphatic carbocycles. The second kappa shape index (κ2) is 9.57. The summed E-state index contributed by atoms with van der Waals surface area (Å²) in [5, 5.41) is 14.0. The summed E-state index contributed by atoms with van der Waals surface area (Å²) in [6.07, 6.45) is 0. The van der Waals surface area contributed by atoms with Crippen molar-refractivity contribution in [2.75, 3.05) is 45.2 Å². The van der Waals surface area contributed by atoms with E-state index in [1.807, 2.05) is 36.9 Å². The number of benzene rings is 2. The fraction of sp³-hybridized carbons (Fsp3) is 0.364. The van der Waals surface area contributed by atoms with Crippen molar-refractivity contribution in [2.45, 2.75) is 13.8 Å². The van der Waals surface area contributed by atoms with E-state index in [2.05, 4.69) is 5.32 Å². The highest BCUT2D eigenvalue weighted by atomic mass is 16.6. The molecule has 1 saturated heterocycles. The molecule has 9 nitrogen and oxygen atoms in total. The maximum atomic E-state index is 12.9. The van der Waals surface area contributed by atoms with Gasteiger partial charge in [0.05, 0.1) is 24.1 Å². The van der Waals surface area contributed by atoms with Crippen molar-refractivity contribution in [1.82, 2.24) is 9.80 Å². The molecule has 31 heavy (non-hydrogen) atoms. The van der Waals surface area contributed by atoms with Gasteiger partial charge in [-0.2, -0.15) is 0 Å². The molecule has 0 atom stereocenters. The Labute approximate surface area is 180 Å². The third-order valence-corrected chi connectivity index (χ3v) is 5.53. The van der Waals surface area contributed by atoms with Crippen LogP contribution in [0.2, 0.25) is 0 Å². The average Bonchev–Trinajstić information content (AvgIpc) is 2.76. The monoisotopic (exact) mass is 426 g/mol. The summed E-state index contributed by atoms with van der Waals surface area (Å²) in [7, 11) is 1.42. The Bertz CT molecular complexity index is 999. The maximum Gasteiger partial charge on any atom is 0.270 e. The molecule has 2 aromatic carbocycles. The SMILES string of the molecule is COc1ccc([N+](=O)[O-])cc1C(=O)N1CCN(CC(=O)Nc2cccc(C)c2C)CC1. The molecule has 1 aliphatic heterocycles. The van der Waals surface area contributed by atoms with Crippen LogP contribution in [0, 0.1) is 24.0 Å². The van der Waals surface area contributed by atoms with E-state index < -0.39 is 4.92 Å². The molecule has 1 N–H and O–H groups in total. The van der Waals surface area contributed by atoms with Crippen molar-refractivity contribution in [3.63, 3.8) is 0 Å². The normalized spacial score (nSPS) is 14.2. The van der Waals surface area contributed by atoms with Gasteiger partial charge in [-0.3, -0.25) is 24.6 Å². The van der Waals surface area contributed by atoms with Crippen LogP contribution in [-0.2, 0) is 4.79 Å². The Morgan fingerprint density at radius 3 is 2.48 bits per heavy atom. The summed E-state index contributed by atoms with van der Waals surface area (Å²) in [6.45, 7) is 6.10. The second-order valence-electron chi connectivity index (χ2n) is 7.51. The standard InChI is InChI=1S/C22H26N4O5/c1-15-5-4-6-19(16(15)2)23-21(27)14-24-9-11-25(12-10-24)22(28)18-13-17(26(29)30)7-8-20(18)31-3/h4-8,13H,9-12,14H2,1-3H3,(H,23,27). The number of nitro groups is 1. The van der Waals surface area contributed by atoms with E-state index in [0.717, 1.165) is 16.8 Å². The molecular formula is C22H26N4O5. The third kappa shape index (κ3) is 5.18. The Kier molecular flexibility index (Phi) is 6.86. The second-order valence-corrected chi connectivity index (χ2v) is 7.51. The summed E-state index contributed by atoms with van der Waals surface area (Å²) in [4.78, 5) is 39.5. The van der Waals surface area contributed by atoms with E-state index >= 15 is 0 Å². The number of rotatable bonds is 6. The minimum Gasteiger partial charge on any atom is -0.496 e. The molecule has 1 fully saturated rings. The molecule has 0 bridgehead atoms. The van der Waals surface area contributed by atoms with Gasteiger partial charge in [0.2, 0.25) is 5.91 Å². The van der Waals surface area contributed by atoms with Gasteiger partial charge in [-0.25, -0.2) is 0 Å². The van der Waals surface area contributed by atoms with Gasteiger partial charge in [0.1, 0.15) is 5.75 Å². The fourth-order valence-corrected chi connectivity index (χ4v) is 3.54. The smallest absolute Gasteiger partial charge is 0.270 e. The average molecular weight is 426 g/mol. The summed E-state index contributed by atoms with van der Waals surface area (Å²) in [5.41, 5.74) is 2.96. The molecule has 3 rings (SSSR count). The zero-order valence-corrected chi connectivity index (χ0v) is 17.9. The summed E-state index contributed by atoms with van der Waals surface area (Å²) < 4.78 is 5.21.